The first kappa shape index (κ1) is 11.9. The zero-order valence-corrected chi connectivity index (χ0v) is 7.86. The van der Waals surface area contributed by atoms with Gasteiger partial charge in [0.05, 0.1) is 12.7 Å². The zero-order chi connectivity index (χ0) is 11.5. The Balaban J connectivity index is 3.01. The molecule has 0 aromatic heterocycles. The normalized spacial score (nSPS) is 11.8. The van der Waals surface area contributed by atoms with Crippen molar-refractivity contribution in [3.05, 3.63) is 35.1 Å². The molecule has 0 saturated heterocycles. The molecule has 0 aliphatic rings. The highest BCUT2D eigenvalue weighted by molar-refractivity contribution is 5.27. The van der Waals surface area contributed by atoms with Gasteiger partial charge in [0.1, 0.15) is 5.82 Å². The van der Waals surface area contributed by atoms with E-state index in [0.29, 0.717) is 6.07 Å². The predicted octanol–water partition coefficient (Wildman–Crippen LogP) is 2.50. The van der Waals surface area contributed by atoms with Crippen molar-refractivity contribution in [3.63, 3.8) is 0 Å². The van der Waals surface area contributed by atoms with Gasteiger partial charge in [-0.25, -0.2) is 4.39 Å². The van der Waals surface area contributed by atoms with E-state index in [9.17, 15) is 17.6 Å². The van der Waals surface area contributed by atoms with E-state index in [1.54, 1.807) is 0 Å². The van der Waals surface area contributed by atoms with Crippen LogP contribution >= 0.6 is 0 Å². The van der Waals surface area contributed by atoms with Gasteiger partial charge in [-0.3, -0.25) is 0 Å². The second-order valence-electron chi connectivity index (χ2n) is 2.80. The van der Waals surface area contributed by atoms with Gasteiger partial charge in [-0.15, -0.1) is 0 Å². The van der Waals surface area contributed by atoms with Crippen LogP contribution in [0, 0.1) is 5.82 Å². The summed E-state index contributed by atoms with van der Waals surface area (Å²) in [6.07, 6.45) is -4.67. The van der Waals surface area contributed by atoms with Crippen LogP contribution in [0.5, 0.6) is 0 Å². The number of hydroxylamine groups is 1. The Bertz CT molecular complexity index is 337. The molecule has 1 aromatic carbocycles. The van der Waals surface area contributed by atoms with Gasteiger partial charge in [-0.1, -0.05) is 12.1 Å². The topological polar surface area (TPSA) is 21.3 Å². The van der Waals surface area contributed by atoms with Crippen LogP contribution in [0.4, 0.5) is 17.6 Å². The number of hydrogen-bond acceptors (Lipinski definition) is 2. The lowest BCUT2D eigenvalue weighted by Crippen LogP contribution is -2.15. The molecule has 0 amide bonds. The molecule has 15 heavy (non-hydrogen) atoms. The molecule has 2 nitrogen and oxygen atoms in total. The van der Waals surface area contributed by atoms with Gasteiger partial charge in [0.2, 0.25) is 0 Å². The summed E-state index contributed by atoms with van der Waals surface area (Å²) in [6, 6.07) is 3.11. The van der Waals surface area contributed by atoms with Crippen molar-refractivity contribution < 1.29 is 22.4 Å². The number of benzene rings is 1. The molecular formula is C9H9F4NO. The Hall–Kier alpha value is -1.14. The molecule has 0 saturated carbocycles. The van der Waals surface area contributed by atoms with E-state index in [1.165, 1.54) is 13.2 Å². The average Bonchev–Trinajstić information content (AvgIpc) is 2.14. The Kier molecular flexibility index (Phi) is 3.65. The summed E-state index contributed by atoms with van der Waals surface area (Å²) >= 11 is 0. The smallest absolute Gasteiger partial charge is 0.305 e. The SMILES string of the molecule is CONCc1cccc(C(F)(F)F)c1F. The third-order valence-corrected chi connectivity index (χ3v) is 1.79. The van der Waals surface area contributed by atoms with Crippen molar-refractivity contribution >= 4 is 0 Å². The maximum atomic E-state index is 13.3. The molecule has 1 rings (SSSR count). The number of nitrogens with one attached hydrogen (secondary N) is 1. The van der Waals surface area contributed by atoms with Crippen molar-refractivity contribution in [2.45, 2.75) is 12.7 Å². The van der Waals surface area contributed by atoms with Crippen LogP contribution in [-0.2, 0) is 17.6 Å². The number of halogens is 4. The van der Waals surface area contributed by atoms with Crippen molar-refractivity contribution in [2.24, 2.45) is 0 Å². The molecule has 0 aliphatic carbocycles. The molecule has 84 valence electrons. The maximum Gasteiger partial charge on any atom is 0.419 e. The molecule has 0 fully saturated rings. The highest BCUT2D eigenvalue weighted by atomic mass is 19.4. The van der Waals surface area contributed by atoms with Gasteiger partial charge >= 0.3 is 6.18 Å². The van der Waals surface area contributed by atoms with Crippen LogP contribution in [0.25, 0.3) is 0 Å². The minimum Gasteiger partial charge on any atom is -0.305 e. The van der Waals surface area contributed by atoms with Gasteiger partial charge in [0.25, 0.3) is 0 Å². The van der Waals surface area contributed by atoms with Gasteiger partial charge in [-0.05, 0) is 6.07 Å². The monoisotopic (exact) mass is 223 g/mol. The van der Waals surface area contributed by atoms with Gasteiger partial charge in [0.15, 0.2) is 0 Å². The minimum atomic E-state index is -4.67. The molecule has 1 N–H and O–H groups in total. The van der Waals surface area contributed by atoms with E-state index in [4.69, 9.17) is 0 Å². The molecular weight excluding hydrogens is 214 g/mol. The van der Waals surface area contributed by atoms with Gasteiger partial charge in [-0.2, -0.15) is 18.7 Å². The molecule has 6 heteroatoms. The van der Waals surface area contributed by atoms with E-state index >= 15 is 0 Å². The summed E-state index contributed by atoms with van der Waals surface area (Å²) in [5, 5.41) is 0. The predicted molar refractivity (Wildman–Crippen MR) is 45.3 cm³/mol. The largest absolute Gasteiger partial charge is 0.419 e. The maximum absolute atomic E-state index is 13.3. The van der Waals surface area contributed by atoms with Crippen LogP contribution in [0.3, 0.4) is 0 Å². The van der Waals surface area contributed by atoms with Crippen molar-refractivity contribution in [2.75, 3.05) is 7.11 Å². The van der Waals surface area contributed by atoms with E-state index < -0.39 is 17.6 Å². The van der Waals surface area contributed by atoms with E-state index in [0.717, 1.165) is 6.07 Å². The van der Waals surface area contributed by atoms with Crippen LogP contribution in [0.15, 0.2) is 18.2 Å². The molecule has 0 atom stereocenters. The third-order valence-electron chi connectivity index (χ3n) is 1.79. The Morgan fingerprint density at radius 1 is 1.33 bits per heavy atom. The first-order valence-electron chi connectivity index (χ1n) is 4.07. The molecule has 0 aliphatic heterocycles. The second kappa shape index (κ2) is 4.59. The lowest BCUT2D eigenvalue weighted by Gasteiger charge is -2.10. The van der Waals surface area contributed by atoms with Crippen molar-refractivity contribution in [1.29, 1.82) is 0 Å². The van der Waals surface area contributed by atoms with Gasteiger partial charge in [0, 0.05) is 12.1 Å². The van der Waals surface area contributed by atoms with Crippen LogP contribution in [-0.4, -0.2) is 7.11 Å². The fraction of sp³-hybridized carbons (Fsp3) is 0.333. The van der Waals surface area contributed by atoms with Crippen molar-refractivity contribution in [1.82, 2.24) is 5.48 Å². The van der Waals surface area contributed by atoms with Gasteiger partial charge < -0.3 is 4.84 Å². The quantitative estimate of drug-likeness (QED) is 0.628. The average molecular weight is 223 g/mol. The minimum absolute atomic E-state index is 0.0910. The third kappa shape index (κ3) is 2.90. The highest BCUT2D eigenvalue weighted by Gasteiger charge is 2.34. The number of alkyl halides is 3. The van der Waals surface area contributed by atoms with E-state index in [2.05, 4.69) is 10.3 Å². The molecule has 0 spiro atoms. The second-order valence-corrected chi connectivity index (χ2v) is 2.80. The highest BCUT2D eigenvalue weighted by Crippen LogP contribution is 2.32. The Morgan fingerprint density at radius 2 is 2.00 bits per heavy atom. The Morgan fingerprint density at radius 3 is 2.53 bits per heavy atom. The zero-order valence-electron chi connectivity index (χ0n) is 7.86. The first-order chi connectivity index (χ1) is 6.96. The summed E-state index contributed by atoms with van der Waals surface area (Å²) in [7, 11) is 1.30. The van der Waals surface area contributed by atoms with E-state index in [-0.39, 0.29) is 12.1 Å². The lowest BCUT2D eigenvalue weighted by atomic mass is 10.1. The van der Waals surface area contributed by atoms with Crippen molar-refractivity contribution in [3.8, 4) is 0 Å². The summed E-state index contributed by atoms with van der Waals surface area (Å²) in [5.41, 5.74) is 0.920. The first-order valence-corrected chi connectivity index (χ1v) is 4.07. The fourth-order valence-corrected chi connectivity index (χ4v) is 1.09. The summed E-state index contributed by atoms with van der Waals surface area (Å²) < 4.78 is 50.1. The van der Waals surface area contributed by atoms with Crippen LogP contribution < -0.4 is 5.48 Å². The summed E-state index contributed by atoms with van der Waals surface area (Å²) in [6.45, 7) is -0.119. The molecule has 0 unspecified atom stereocenters. The fourth-order valence-electron chi connectivity index (χ4n) is 1.09. The summed E-state index contributed by atoms with van der Waals surface area (Å²) in [4.78, 5) is 4.43. The standard InChI is InChI=1S/C9H9F4NO/c1-15-14-5-6-3-2-4-7(8(6)10)9(11,12)13/h2-4,14H,5H2,1H3. The Labute approximate surface area is 83.8 Å². The molecule has 0 radical (unpaired) electrons. The number of hydrogen-bond donors (Lipinski definition) is 1. The lowest BCUT2D eigenvalue weighted by molar-refractivity contribution is -0.140. The molecule has 0 bridgehead atoms. The van der Waals surface area contributed by atoms with E-state index in [1.807, 2.05) is 0 Å². The van der Waals surface area contributed by atoms with Crippen LogP contribution in [0.2, 0.25) is 0 Å². The van der Waals surface area contributed by atoms with Crippen LogP contribution in [0.1, 0.15) is 11.1 Å². The molecule has 1 aromatic rings. The summed E-state index contributed by atoms with van der Waals surface area (Å²) in [5.74, 6) is -1.27. The number of rotatable bonds is 3. The molecule has 0 heterocycles.